The predicted molar refractivity (Wildman–Crippen MR) is 92.3 cm³/mol. The first-order chi connectivity index (χ1) is 12.6. The Morgan fingerprint density at radius 2 is 1.81 bits per heavy atom. The summed E-state index contributed by atoms with van der Waals surface area (Å²) in [5.74, 6) is 0.532. The van der Waals surface area contributed by atoms with Crippen molar-refractivity contribution in [2.75, 3.05) is 20.4 Å². The molecule has 1 atom stereocenters. The van der Waals surface area contributed by atoms with Crippen LogP contribution in [0.15, 0.2) is 42.5 Å². The van der Waals surface area contributed by atoms with Crippen molar-refractivity contribution in [1.29, 1.82) is 0 Å². The van der Waals surface area contributed by atoms with Crippen molar-refractivity contribution in [3.05, 3.63) is 59.2 Å². The number of benzene rings is 2. The Balaban J connectivity index is 1.51. The lowest BCUT2D eigenvalue weighted by Gasteiger charge is -2.12. The van der Waals surface area contributed by atoms with E-state index in [2.05, 4.69) is 10.1 Å². The highest BCUT2D eigenvalue weighted by molar-refractivity contribution is 5.96. The fourth-order valence-electron chi connectivity index (χ4n) is 2.59. The fourth-order valence-corrected chi connectivity index (χ4v) is 2.59. The van der Waals surface area contributed by atoms with Crippen molar-refractivity contribution < 1.29 is 28.9 Å². The van der Waals surface area contributed by atoms with Crippen LogP contribution in [0.25, 0.3) is 0 Å². The number of fused-ring (bicyclic) bond motifs is 1. The molecule has 0 aromatic heterocycles. The molecular formula is C19H19NO6. The van der Waals surface area contributed by atoms with E-state index >= 15 is 0 Å². The molecule has 26 heavy (non-hydrogen) atoms. The third-order valence-corrected chi connectivity index (χ3v) is 4.05. The molecule has 0 radical (unpaired) electrons. The van der Waals surface area contributed by atoms with Gasteiger partial charge >= 0.3 is 5.97 Å². The van der Waals surface area contributed by atoms with E-state index < -0.39 is 12.1 Å². The van der Waals surface area contributed by atoms with Gasteiger partial charge in [0.2, 0.25) is 6.79 Å². The third-order valence-electron chi connectivity index (χ3n) is 4.05. The first-order valence-electron chi connectivity index (χ1n) is 8.12. The van der Waals surface area contributed by atoms with Crippen LogP contribution >= 0.6 is 0 Å². The van der Waals surface area contributed by atoms with Crippen LogP contribution in [0.3, 0.4) is 0 Å². The Morgan fingerprint density at radius 3 is 2.54 bits per heavy atom. The molecule has 0 saturated heterocycles. The molecule has 2 aromatic rings. The van der Waals surface area contributed by atoms with Gasteiger partial charge in [0.1, 0.15) is 0 Å². The summed E-state index contributed by atoms with van der Waals surface area (Å²) >= 11 is 0. The van der Waals surface area contributed by atoms with Gasteiger partial charge in [-0.2, -0.15) is 0 Å². The number of aliphatic hydroxyl groups is 1. The predicted octanol–water partition coefficient (Wildman–Crippen LogP) is 2.06. The molecule has 0 bridgehead atoms. The lowest BCUT2D eigenvalue weighted by molar-refractivity contribution is 0.0600. The van der Waals surface area contributed by atoms with E-state index in [4.69, 9.17) is 9.47 Å². The molecule has 0 saturated carbocycles. The fraction of sp³-hybridized carbons (Fsp3) is 0.263. The smallest absolute Gasteiger partial charge is 0.337 e. The second-order valence-corrected chi connectivity index (χ2v) is 5.74. The molecule has 1 aliphatic rings. The van der Waals surface area contributed by atoms with Gasteiger partial charge < -0.3 is 24.6 Å². The standard InChI is InChI=1S/C19H19NO6/c1-24-19(23)13-4-2-12(3-5-13)18(22)20-9-8-15(21)14-6-7-16-17(10-14)26-11-25-16/h2-7,10,15,21H,8-9,11H2,1H3,(H,20,22). The number of carbonyl (C=O) groups is 2. The number of carbonyl (C=O) groups excluding carboxylic acids is 2. The molecule has 1 heterocycles. The van der Waals surface area contributed by atoms with E-state index in [-0.39, 0.29) is 12.7 Å². The van der Waals surface area contributed by atoms with Gasteiger partial charge in [-0.25, -0.2) is 4.79 Å². The summed E-state index contributed by atoms with van der Waals surface area (Å²) in [5, 5.41) is 13.0. The van der Waals surface area contributed by atoms with Crippen molar-refractivity contribution in [1.82, 2.24) is 5.32 Å². The van der Waals surface area contributed by atoms with Crippen LogP contribution in [-0.2, 0) is 4.74 Å². The Labute approximate surface area is 150 Å². The van der Waals surface area contributed by atoms with Crippen molar-refractivity contribution >= 4 is 11.9 Å². The molecular weight excluding hydrogens is 338 g/mol. The Bertz CT molecular complexity index is 802. The molecule has 7 nitrogen and oxygen atoms in total. The number of ether oxygens (including phenoxy) is 3. The number of hydrogen-bond acceptors (Lipinski definition) is 6. The monoisotopic (exact) mass is 357 g/mol. The van der Waals surface area contributed by atoms with Crippen LogP contribution in [0.5, 0.6) is 11.5 Å². The van der Waals surface area contributed by atoms with Gasteiger partial charge in [0, 0.05) is 12.1 Å². The van der Waals surface area contributed by atoms with E-state index in [1.807, 2.05) is 0 Å². The van der Waals surface area contributed by atoms with Gasteiger partial charge in [0.15, 0.2) is 11.5 Å². The van der Waals surface area contributed by atoms with Crippen molar-refractivity contribution in [2.24, 2.45) is 0 Å². The van der Waals surface area contributed by atoms with Crippen LogP contribution in [0.4, 0.5) is 0 Å². The topological polar surface area (TPSA) is 94.1 Å². The van der Waals surface area contributed by atoms with Crippen LogP contribution in [0.1, 0.15) is 38.8 Å². The summed E-state index contributed by atoms with van der Waals surface area (Å²) in [4.78, 5) is 23.5. The zero-order valence-electron chi connectivity index (χ0n) is 14.2. The number of hydrogen-bond donors (Lipinski definition) is 2. The maximum Gasteiger partial charge on any atom is 0.337 e. The highest BCUT2D eigenvalue weighted by Gasteiger charge is 2.17. The van der Waals surface area contributed by atoms with E-state index in [1.54, 1.807) is 30.3 Å². The minimum atomic E-state index is -0.730. The Morgan fingerprint density at radius 1 is 1.12 bits per heavy atom. The molecule has 1 aliphatic heterocycles. The van der Waals surface area contributed by atoms with Gasteiger partial charge in [-0.15, -0.1) is 0 Å². The molecule has 2 N–H and O–H groups in total. The minimum absolute atomic E-state index is 0.180. The highest BCUT2D eigenvalue weighted by Crippen LogP contribution is 2.34. The molecule has 1 amide bonds. The molecule has 0 aliphatic carbocycles. The second-order valence-electron chi connectivity index (χ2n) is 5.74. The van der Waals surface area contributed by atoms with E-state index in [9.17, 15) is 14.7 Å². The van der Waals surface area contributed by atoms with Gasteiger partial charge in [-0.3, -0.25) is 4.79 Å². The summed E-state index contributed by atoms with van der Waals surface area (Å²) in [6.07, 6.45) is -0.377. The molecule has 136 valence electrons. The van der Waals surface area contributed by atoms with Crippen molar-refractivity contribution in [2.45, 2.75) is 12.5 Å². The van der Waals surface area contributed by atoms with Crippen LogP contribution in [0.2, 0.25) is 0 Å². The van der Waals surface area contributed by atoms with E-state index in [0.29, 0.717) is 41.2 Å². The van der Waals surface area contributed by atoms with E-state index in [0.717, 1.165) is 0 Å². The third kappa shape index (κ3) is 3.94. The van der Waals surface area contributed by atoms with Crippen molar-refractivity contribution in [3.8, 4) is 11.5 Å². The number of methoxy groups -OCH3 is 1. The molecule has 1 unspecified atom stereocenters. The number of aliphatic hydroxyl groups excluding tert-OH is 1. The molecule has 0 spiro atoms. The van der Waals surface area contributed by atoms with Gasteiger partial charge in [0.05, 0.1) is 18.8 Å². The Hall–Kier alpha value is -3.06. The van der Waals surface area contributed by atoms with Gasteiger partial charge in [-0.1, -0.05) is 6.07 Å². The lowest BCUT2D eigenvalue weighted by atomic mass is 10.1. The molecule has 0 fully saturated rings. The maximum absolute atomic E-state index is 12.1. The van der Waals surface area contributed by atoms with Crippen LogP contribution in [0, 0.1) is 0 Å². The molecule has 3 rings (SSSR count). The average molecular weight is 357 g/mol. The Kier molecular flexibility index (Phi) is 5.38. The maximum atomic E-state index is 12.1. The van der Waals surface area contributed by atoms with Gasteiger partial charge in [-0.05, 0) is 48.4 Å². The summed E-state index contributed by atoms with van der Waals surface area (Å²) in [5.41, 5.74) is 1.50. The second kappa shape index (κ2) is 7.88. The largest absolute Gasteiger partial charge is 0.465 e. The lowest BCUT2D eigenvalue weighted by Crippen LogP contribution is -2.25. The number of esters is 1. The SMILES string of the molecule is COC(=O)c1ccc(C(=O)NCCC(O)c2ccc3c(c2)OCO3)cc1. The quantitative estimate of drug-likeness (QED) is 0.769. The normalized spacial score (nSPS) is 13.2. The van der Waals surface area contributed by atoms with Crippen LogP contribution < -0.4 is 14.8 Å². The van der Waals surface area contributed by atoms with Crippen LogP contribution in [-0.4, -0.2) is 37.4 Å². The zero-order chi connectivity index (χ0) is 18.5. The number of amides is 1. The highest BCUT2D eigenvalue weighted by atomic mass is 16.7. The summed E-state index contributed by atoms with van der Waals surface area (Å²) in [7, 11) is 1.30. The first-order valence-corrected chi connectivity index (χ1v) is 8.12. The summed E-state index contributed by atoms with van der Waals surface area (Å²) in [6, 6.07) is 11.4. The molecule has 2 aromatic carbocycles. The number of rotatable bonds is 6. The summed E-state index contributed by atoms with van der Waals surface area (Å²) < 4.78 is 15.1. The van der Waals surface area contributed by atoms with E-state index in [1.165, 1.54) is 19.2 Å². The first kappa shape index (κ1) is 17.8. The zero-order valence-corrected chi connectivity index (χ0v) is 14.2. The van der Waals surface area contributed by atoms with Crippen molar-refractivity contribution in [3.63, 3.8) is 0 Å². The van der Waals surface area contributed by atoms with Gasteiger partial charge in [0.25, 0.3) is 5.91 Å². The summed E-state index contributed by atoms with van der Waals surface area (Å²) in [6.45, 7) is 0.479. The average Bonchev–Trinajstić information content (AvgIpc) is 3.15. The number of nitrogens with one attached hydrogen (secondary N) is 1. The minimum Gasteiger partial charge on any atom is -0.465 e. The molecule has 7 heteroatoms.